The van der Waals surface area contributed by atoms with Crippen LogP contribution in [0.2, 0.25) is 0 Å². The third-order valence-electron chi connectivity index (χ3n) is 3.79. The number of rotatable bonds is 4. The van der Waals surface area contributed by atoms with Crippen molar-refractivity contribution in [1.29, 1.82) is 0 Å². The summed E-state index contributed by atoms with van der Waals surface area (Å²) in [5.74, 6) is -0.793. The van der Waals surface area contributed by atoms with E-state index in [1.807, 2.05) is 0 Å². The van der Waals surface area contributed by atoms with Gasteiger partial charge in [-0.25, -0.2) is 4.98 Å². The number of hydrogen-bond donors (Lipinski definition) is 1. The molecule has 1 amide bonds. The van der Waals surface area contributed by atoms with Gasteiger partial charge in [-0.3, -0.25) is 9.78 Å². The zero-order chi connectivity index (χ0) is 21.2. The summed E-state index contributed by atoms with van der Waals surface area (Å²) < 4.78 is 82.8. The number of carbonyl (C=O) groups is 1. The highest BCUT2D eigenvalue weighted by atomic mass is 19.4. The summed E-state index contributed by atoms with van der Waals surface area (Å²) >= 11 is 0. The van der Waals surface area contributed by atoms with E-state index in [1.165, 1.54) is 18.7 Å². The smallest absolute Gasteiger partial charge is 0.416 e. The minimum atomic E-state index is -5.05. The fourth-order valence-corrected chi connectivity index (χ4v) is 2.47. The lowest BCUT2D eigenvalue weighted by Crippen LogP contribution is -2.25. The topological polar surface area (TPSA) is 68.0 Å². The zero-order valence-corrected chi connectivity index (χ0v) is 14.3. The lowest BCUT2D eigenvalue weighted by molar-refractivity contribution is -0.143. The highest BCUT2D eigenvalue weighted by Crippen LogP contribution is 2.36. The second-order valence-corrected chi connectivity index (χ2v) is 5.81. The summed E-state index contributed by atoms with van der Waals surface area (Å²) in [6, 6.07) is 3.84. The van der Waals surface area contributed by atoms with E-state index in [1.54, 1.807) is 12.1 Å². The fourth-order valence-electron chi connectivity index (χ4n) is 2.47. The summed E-state index contributed by atoms with van der Waals surface area (Å²) in [5, 5.41) is 2.26. The molecule has 3 aromatic rings. The molecule has 29 heavy (non-hydrogen) atoms. The molecule has 0 spiro atoms. The van der Waals surface area contributed by atoms with Crippen LogP contribution in [0.4, 0.5) is 26.3 Å². The molecule has 0 aliphatic heterocycles. The van der Waals surface area contributed by atoms with Gasteiger partial charge in [-0.1, -0.05) is 0 Å². The first kappa shape index (κ1) is 20.4. The third-order valence-corrected chi connectivity index (χ3v) is 3.79. The van der Waals surface area contributed by atoms with Crippen LogP contribution < -0.4 is 5.32 Å². The van der Waals surface area contributed by atoms with Gasteiger partial charge in [-0.05, 0) is 30.3 Å². The Balaban J connectivity index is 1.87. The number of benzene rings is 1. The maximum Gasteiger partial charge on any atom is 0.416 e. The minimum absolute atomic E-state index is 0.0472. The van der Waals surface area contributed by atoms with Gasteiger partial charge in [0.1, 0.15) is 5.69 Å². The van der Waals surface area contributed by atoms with Crippen molar-refractivity contribution in [2.45, 2.75) is 18.9 Å². The van der Waals surface area contributed by atoms with Crippen molar-refractivity contribution in [3.05, 3.63) is 71.4 Å². The summed E-state index contributed by atoms with van der Waals surface area (Å²) in [6.07, 6.45) is -6.03. The van der Waals surface area contributed by atoms with Gasteiger partial charge < -0.3 is 9.73 Å². The summed E-state index contributed by atoms with van der Waals surface area (Å²) in [4.78, 5) is 20.3. The van der Waals surface area contributed by atoms with Crippen LogP contribution in [0.3, 0.4) is 0 Å². The van der Waals surface area contributed by atoms with E-state index >= 15 is 0 Å². The molecule has 0 fully saturated rings. The van der Waals surface area contributed by atoms with Gasteiger partial charge in [0.05, 0.1) is 29.6 Å². The van der Waals surface area contributed by atoms with Gasteiger partial charge >= 0.3 is 12.4 Å². The number of carbonyl (C=O) groups excluding carboxylic acids is 1. The predicted octanol–water partition coefficient (Wildman–Crippen LogP) is 4.70. The molecular formula is C18H11F6N3O2. The summed E-state index contributed by atoms with van der Waals surface area (Å²) in [7, 11) is 0. The van der Waals surface area contributed by atoms with Gasteiger partial charge in [-0.15, -0.1) is 0 Å². The van der Waals surface area contributed by atoms with Crippen molar-refractivity contribution < 1.29 is 35.6 Å². The minimum Gasteiger partial charge on any atom is -0.463 e. The average Bonchev–Trinajstić information content (AvgIpc) is 3.19. The largest absolute Gasteiger partial charge is 0.463 e. The molecule has 3 rings (SSSR count). The van der Waals surface area contributed by atoms with E-state index in [2.05, 4.69) is 15.3 Å². The normalized spacial score (nSPS) is 12.1. The Morgan fingerprint density at radius 3 is 2.14 bits per heavy atom. The van der Waals surface area contributed by atoms with Crippen LogP contribution in [-0.4, -0.2) is 15.9 Å². The maximum absolute atomic E-state index is 12.9. The molecule has 0 unspecified atom stereocenters. The standard InChI is InChI=1S/C18H11F6N3O2/c19-17(20,21)11-6-10(7-12(8-11)18(22,23)24)16(28)27-9-13-15(26-4-3-25-13)14-2-1-5-29-14/h1-8H,9H2,(H,27,28). The number of amides is 1. The SMILES string of the molecule is O=C(NCc1nccnc1-c1ccco1)c1cc(C(F)(F)F)cc(C(F)(F)F)c1. The Hall–Kier alpha value is -3.37. The number of furan rings is 1. The van der Waals surface area contributed by atoms with E-state index < -0.39 is 35.0 Å². The van der Waals surface area contributed by atoms with E-state index in [9.17, 15) is 31.1 Å². The van der Waals surface area contributed by atoms with Gasteiger partial charge in [0.15, 0.2) is 5.76 Å². The number of halogens is 6. The fraction of sp³-hybridized carbons (Fsp3) is 0.167. The zero-order valence-electron chi connectivity index (χ0n) is 14.3. The predicted molar refractivity (Wildman–Crippen MR) is 87.4 cm³/mol. The van der Waals surface area contributed by atoms with Gasteiger partial charge in [0.25, 0.3) is 5.91 Å². The number of aromatic nitrogens is 2. The molecule has 0 saturated carbocycles. The second kappa shape index (κ2) is 7.57. The van der Waals surface area contributed by atoms with Crippen molar-refractivity contribution in [3.63, 3.8) is 0 Å². The molecule has 2 aromatic heterocycles. The molecular weight excluding hydrogens is 404 g/mol. The van der Waals surface area contributed by atoms with Crippen LogP contribution >= 0.6 is 0 Å². The van der Waals surface area contributed by atoms with Gasteiger partial charge in [0, 0.05) is 18.0 Å². The summed E-state index contributed by atoms with van der Waals surface area (Å²) in [6.45, 7) is -0.291. The van der Waals surface area contributed by atoms with Crippen molar-refractivity contribution in [2.24, 2.45) is 0 Å². The highest BCUT2D eigenvalue weighted by molar-refractivity contribution is 5.94. The Morgan fingerprint density at radius 2 is 1.59 bits per heavy atom. The van der Waals surface area contributed by atoms with E-state index in [4.69, 9.17) is 4.42 Å². The lowest BCUT2D eigenvalue weighted by Gasteiger charge is -2.14. The Labute approximate surface area is 159 Å². The molecule has 0 radical (unpaired) electrons. The number of alkyl halides is 6. The van der Waals surface area contributed by atoms with Crippen LogP contribution in [-0.2, 0) is 18.9 Å². The van der Waals surface area contributed by atoms with Crippen LogP contribution in [0.1, 0.15) is 27.2 Å². The van der Waals surface area contributed by atoms with Crippen LogP contribution in [0.5, 0.6) is 0 Å². The van der Waals surface area contributed by atoms with Crippen LogP contribution in [0, 0.1) is 0 Å². The quantitative estimate of drug-likeness (QED) is 0.627. The monoisotopic (exact) mass is 415 g/mol. The Kier molecular flexibility index (Phi) is 5.31. The van der Waals surface area contributed by atoms with Crippen LogP contribution in [0.25, 0.3) is 11.5 Å². The number of nitrogens with one attached hydrogen (secondary N) is 1. The maximum atomic E-state index is 12.9. The molecule has 1 aromatic carbocycles. The molecule has 0 aliphatic carbocycles. The molecule has 5 nitrogen and oxygen atoms in total. The Morgan fingerprint density at radius 1 is 0.966 bits per heavy atom. The third kappa shape index (κ3) is 4.73. The van der Waals surface area contributed by atoms with Crippen molar-refractivity contribution in [2.75, 3.05) is 0 Å². The van der Waals surface area contributed by atoms with Crippen molar-refractivity contribution >= 4 is 5.91 Å². The molecule has 0 saturated heterocycles. The Bertz CT molecular complexity index is 981. The van der Waals surface area contributed by atoms with E-state index in [0.29, 0.717) is 17.9 Å². The van der Waals surface area contributed by atoms with Crippen molar-refractivity contribution in [3.8, 4) is 11.5 Å². The molecule has 152 valence electrons. The first-order valence-electron chi connectivity index (χ1n) is 7.97. The molecule has 11 heteroatoms. The molecule has 0 aliphatic rings. The van der Waals surface area contributed by atoms with Crippen LogP contribution in [0.15, 0.2) is 53.4 Å². The number of hydrogen-bond acceptors (Lipinski definition) is 4. The molecule has 2 heterocycles. The second-order valence-electron chi connectivity index (χ2n) is 5.81. The van der Waals surface area contributed by atoms with Crippen molar-refractivity contribution in [1.82, 2.24) is 15.3 Å². The average molecular weight is 415 g/mol. The first-order chi connectivity index (χ1) is 13.6. The highest BCUT2D eigenvalue weighted by Gasteiger charge is 2.37. The molecule has 0 atom stereocenters. The lowest BCUT2D eigenvalue weighted by atomic mass is 10.0. The van der Waals surface area contributed by atoms with E-state index in [0.717, 1.165) is 0 Å². The van der Waals surface area contributed by atoms with Gasteiger partial charge in [0.2, 0.25) is 0 Å². The molecule has 0 bridgehead atoms. The van der Waals surface area contributed by atoms with E-state index in [-0.39, 0.29) is 24.0 Å². The van der Waals surface area contributed by atoms with Gasteiger partial charge in [-0.2, -0.15) is 26.3 Å². The number of nitrogens with zero attached hydrogens (tertiary/aromatic N) is 2. The summed E-state index contributed by atoms with van der Waals surface area (Å²) in [5.41, 5.74) is -3.44. The first-order valence-corrected chi connectivity index (χ1v) is 7.97. The molecule has 1 N–H and O–H groups in total.